The van der Waals surface area contributed by atoms with Gasteiger partial charge in [-0.05, 0) is 38.5 Å². The summed E-state index contributed by atoms with van der Waals surface area (Å²) in [6, 6.07) is -0.940. The molecule has 5 nitrogen and oxygen atoms in total. The molecule has 2 atom stereocenters. The number of nitrogens with one attached hydrogen (secondary N) is 1. The fourth-order valence-corrected chi connectivity index (χ4v) is 3.47. The Morgan fingerprint density at radius 3 is 2.14 bits per heavy atom. The van der Waals surface area contributed by atoms with Crippen LogP contribution in [0.5, 0.6) is 0 Å². The van der Waals surface area contributed by atoms with Crippen LogP contribution in [0.25, 0.3) is 0 Å². The Balaban J connectivity index is 3.60. The molecule has 0 saturated heterocycles. The van der Waals surface area contributed by atoms with Crippen LogP contribution in [0.3, 0.4) is 0 Å². The van der Waals surface area contributed by atoms with Crippen LogP contribution in [-0.4, -0.2) is 39.6 Å². The molecule has 0 bridgehead atoms. The van der Waals surface area contributed by atoms with Crippen LogP contribution in [0.2, 0.25) is 0 Å². The van der Waals surface area contributed by atoms with E-state index in [0.717, 1.165) is 44.9 Å². The Morgan fingerprint density at radius 1 is 0.966 bits per heavy atom. The molecule has 0 heterocycles. The Kier molecular flexibility index (Phi) is 19.1. The molecule has 0 fully saturated rings. The molecule has 0 radical (unpaired) electrons. The van der Waals surface area contributed by atoms with Crippen LogP contribution in [0.4, 0.5) is 0 Å². The first-order valence-corrected chi connectivity index (χ1v) is 12.8. The third-order valence-corrected chi connectivity index (χ3v) is 5.49. The van der Waals surface area contributed by atoms with E-state index in [9.17, 15) is 14.1 Å². The number of carbonyl (C=O) groups excluding carboxylic acids is 1. The molecule has 0 saturated carbocycles. The Hall–Kier alpha value is -1.27. The number of carbonyl (C=O) groups is 2. The van der Waals surface area contributed by atoms with E-state index in [1.165, 1.54) is 31.9 Å². The molecule has 0 rings (SSSR count). The third kappa shape index (κ3) is 19.8. The second-order valence-corrected chi connectivity index (χ2v) is 9.06. The number of hydrogen-bond donors (Lipinski definition) is 2. The molecular formula is C23H41NO4S. The summed E-state index contributed by atoms with van der Waals surface area (Å²) >= 11 is -1.06. The number of allylic oxidation sites excluding steroid dienone is 4. The highest BCUT2D eigenvalue weighted by Crippen LogP contribution is 2.08. The maximum absolute atomic E-state index is 11.9. The molecule has 2 N–H and O–H groups in total. The van der Waals surface area contributed by atoms with Gasteiger partial charge in [-0.15, -0.1) is 0 Å². The SMILES string of the molecule is CCCCC/C=C\C/C=C\CCCCCCCC(=O)NC(CC[S+](C)[O-])C(=O)O. The maximum atomic E-state index is 11.9. The van der Waals surface area contributed by atoms with Crippen LogP contribution in [0.15, 0.2) is 24.3 Å². The average Bonchev–Trinajstić information content (AvgIpc) is 2.67. The van der Waals surface area contributed by atoms with E-state index in [1.807, 2.05) is 0 Å². The number of carboxylic acid groups (broad SMARTS) is 1. The number of unbranched alkanes of at least 4 members (excludes halogenated alkanes) is 8. The van der Waals surface area contributed by atoms with E-state index in [-0.39, 0.29) is 18.1 Å². The van der Waals surface area contributed by atoms with E-state index in [4.69, 9.17) is 5.11 Å². The van der Waals surface area contributed by atoms with Crippen LogP contribution in [0, 0.1) is 0 Å². The van der Waals surface area contributed by atoms with E-state index >= 15 is 0 Å². The molecule has 0 aliphatic rings. The molecule has 0 spiro atoms. The zero-order valence-corrected chi connectivity index (χ0v) is 19.2. The van der Waals surface area contributed by atoms with Gasteiger partial charge >= 0.3 is 5.97 Å². The molecule has 0 aliphatic carbocycles. The maximum Gasteiger partial charge on any atom is 0.326 e. The number of carboxylic acids is 1. The van der Waals surface area contributed by atoms with Crippen molar-refractivity contribution in [3.05, 3.63) is 24.3 Å². The summed E-state index contributed by atoms with van der Waals surface area (Å²) in [4.78, 5) is 23.0. The predicted octanol–water partition coefficient (Wildman–Crippen LogP) is 5.14. The van der Waals surface area contributed by atoms with Crippen molar-refractivity contribution < 1.29 is 19.2 Å². The largest absolute Gasteiger partial charge is 0.617 e. The lowest BCUT2D eigenvalue weighted by Gasteiger charge is -2.14. The molecule has 0 aromatic rings. The van der Waals surface area contributed by atoms with E-state index in [0.29, 0.717) is 6.42 Å². The van der Waals surface area contributed by atoms with Gasteiger partial charge < -0.3 is 15.0 Å². The number of hydrogen-bond acceptors (Lipinski definition) is 3. The van der Waals surface area contributed by atoms with Gasteiger partial charge in [0, 0.05) is 12.8 Å². The quantitative estimate of drug-likeness (QED) is 0.170. The lowest BCUT2D eigenvalue weighted by molar-refractivity contribution is -0.141. The zero-order chi connectivity index (χ0) is 21.7. The highest BCUT2D eigenvalue weighted by Gasteiger charge is 2.21. The molecule has 6 heteroatoms. The fourth-order valence-electron chi connectivity index (χ4n) is 2.90. The second kappa shape index (κ2) is 20.0. The first-order valence-electron chi connectivity index (χ1n) is 11.1. The van der Waals surface area contributed by atoms with Crippen molar-refractivity contribution in [3.63, 3.8) is 0 Å². The summed E-state index contributed by atoms with van der Waals surface area (Å²) in [7, 11) is 0. The van der Waals surface area contributed by atoms with Crippen LogP contribution in [0.1, 0.15) is 90.4 Å². The van der Waals surface area contributed by atoms with Gasteiger partial charge in [-0.1, -0.05) is 74.5 Å². The van der Waals surface area contributed by atoms with Crippen molar-refractivity contribution in [2.75, 3.05) is 12.0 Å². The Labute approximate surface area is 180 Å². The van der Waals surface area contributed by atoms with Crippen molar-refractivity contribution in [1.29, 1.82) is 0 Å². The van der Waals surface area contributed by atoms with Crippen molar-refractivity contribution >= 4 is 23.1 Å². The lowest BCUT2D eigenvalue weighted by atomic mass is 10.1. The summed E-state index contributed by atoms with van der Waals surface area (Å²) in [6.07, 6.45) is 23.4. The second-order valence-electron chi connectivity index (χ2n) is 7.51. The predicted molar refractivity (Wildman–Crippen MR) is 122 cm³/mol. The van der Waals surface area contributed by atoms with Gasteiger partial charge in [-0.2, -0.15) is 0 Å². The first-order chi connectivity index (χ1) is 14.0. The summed E-state index contributed by atoms with van der Waals surface area (Å²) in [5, 5.41) is 11.6. The molecule has 0 aromatic carbocycles. The van der Waals surface area contributed by atoms with Crippen LogP contribution < -0.4 is 5.32 Å². The highest BCUT2D eigenvalue weighted by atomic mass is 32.2. The van der Waals surface area contributed by atoms with Gasteiger partial charge in [-0.3, -0.25) is 4.79 Å². The summed E-state index contributed by atoms with van der Waals surface area (Å²) in [5.74, 6) is -1.02. The van der Waals surface area contributed by atoms with Crippen LogP contribution >= 0.6 is 0 Å². The normalized spacial score (nSPS) is 13.8. The molecule has 2 unspecified atom stereocenters. The topological polar surface area (TPSA) is 89.5 Å². The molecule has 29 heavy (non-hydrogen) atoms. The van der Waals surface area contributed by atoms with Crippen molar-refractivity contribution in [2.45, 2.75) is 96.4 Å². The van der Waals surface area contributed by atoms with E-state index < -0.39 is 23.2 Å². The first kappa shape index (κ1) is 27.7. The number of rotatable bonds is 19. The molecular weight excluding hydrogens is 386 g/mol. The average molecular weight is 428 g/mol. The fraction of sp³-hybridized carbons (Fsp3) is 0.739. The van der Waals surface area contributed by atoms with Gasteiger partial charge in [0.25, 0.3) is 0 Å². The summed E-state index contributed by atoms with van der Waals surface area (Å²) < 4.78 is 11.1. The lowest BCUT2D eigenvalue weighted by Crippen LogP contribution is -2.41. The van der Waals surface area contributed by atoms with Gasteiger partial charge in [-0.25, -0.2) is 4.79 Å². The van der Waals surface area contributed by atoms with E-state index in [1.54, 1.807) is 0 Å². The van der Waals surface area contributed by atoms with Crippen molar-refractivity contribution in [1.82, 2.24) is 5.32 Å². The highest BCUT2D eigenvalue weighted by molar-refractivity contribution is 7.90. The minimum Gasteiger partial charge on any atom is -0.617 e. The molecule has 0 aliphatic heterocycles. The number of aliphatic carboxylic acids is 1. The van der Waals surface area contributed by atoms with Crippen molar-refractivity contribution in [3.8, 4) is 0 Å². The van der Waals surface area contributed by atoms with Gasteiger partial charge in [0.2, 0.25) is 5.91 Å². The van der Waals surface area contributed by atoms with E-state index in [2.05, 4.69) is 36.5 Å². The standard InChI is InChI=1S/C23H41NO4S/c1-3-4-5-6-7-8-9-10-11-12-13-14-15-16-17-18-22(25)24-21(23(26)27)19-20-29(2)28/h7-8,10-11,21H,3-6,9,12-20H2,1-2H3,(H,24,25)(H,26,27)/b8-7-,11-10-. The monoisotopic (exact) mass is 427 g/mol. The Morgan fingerprint density at radius 2 is 1.55 bits per heavy atom. The molecule has 168 valence electrons. The molecule has 0 aromatic heterocycles. The number of amides is 1. The van der Waals surface area contributed by atoms with Crippen LogP contribution in [-0.2, 0) is 20.8 Å². The van der Waals surface area contributed by atoms with Gasteiger partial charge in [0.1, 0.15) is 11.8 Å². The molecule has 1 amide bonds. The van der Waals surface area contributed by atoms with Crippen molar-refractivity contribution in [2.24, 2.45) is 0 Å². The minimum absolute atomic E-state index is 0.201. The smallest absolute Gasteiger partial charge is 0.326 e. The summed E-state index contributed by atoms with van der Waals surface area (Å²) in [5.41, 5.74) is 0. The third-order valence-electron chi connectivity index (χ3n) is 4.68. The zero-order valence-electron chi connectivity index (χ0n) is 18.4. The Bertz CT molecular complexity index is 477. The summed E-state index contributed by atoms with van der Waals surface area (Å²) in [6.45, 7) is 2.22. The van der Waals surface area contributed by atoms with Gasteiger partial charge in [0.15, 0.2) is 0 Å². The minimum atomic E-state index is -1.07. The van der Waals surface area contributed by atoms with Gasteiger partial charge in [0.05, 0.1) is 6.26 Å².